The van der Waals surface area contributed by atoms with Gasteiger partial charge in [0.25, 0.3) is 5.91 Å². The molecule has 1 amide bonds. The lowest BCUT2D eigenvalue weighted by Gasteiger charge is -2.25. The molecule has 20 heavy (non-hydrogen) atoms. The van der Waals surface area contributed by atoms with Gasteiger partial charge >= 0.3 is 0 Å². The Morgan fingerprint density at radius 1 is 1.60 bits per heavy atom. The van der Waals surface area contributed by atoms with E-state index in [2.05, 4.69) is 10.3 Å². The Hall–Kier alpha value is -1.34. The molecule has 0 bridgehead atoms. The smallest absolute Gasteiger partial charge is 0.267 e. The van der Waals surface area contributed by atoms with Crippen LogP contribution >= 0.6 is 11.3 Å². The van der Waals surface area contributed by atoms with Gasteiger partial charge in [-0.3, -0.25) is 4.79 Å². The van der Waals surface area contributed by atoms with Gasteiger partial charge in [-0.2, -0.15) is 0 Å². The molecule has 1 aliphatic carbocycles. The average Bonchev–Trinajstić information content (AvgIpc) is 2.74. The molecule has 0 aromatic carbocycles. The molecule has 0 atom stereocenters. The zero-order valence-electron chi connectivity index (χ0n) is 12.0. The van der Waals surface area contributed by atoms with E-state index in [1.54, 1.807) is 11.9 Å². The number of carbonyl (C=O) groups excluding carboxylic acids is 1. The maximum atomic E-state index is 12.3. The quantitative estimate of drug-likeness (QED) is 0.750. The standard InChI is InChI=1S/C13H22N4O2S/c1-3-19-8-7-17(2)12(18)10-11(14)16-13(20-10)15-9-5-4-6-9/h9H,3-8,14H2,1-2H3,(H,15,16). The van der Waals surface area contributed by atoms with E-state index in [9.17, 15) is 4.79 Å². The summed E-state index contributed by atoms with van der Waals surface area (Å²) in [5.41, 5.74) is 5.85. The third-order valence-electron chi connectivity index (χ3n) is 3.40. The molecule has 112 valence electrons. The molecule has 0 aliphatic heterocycles. The van der Waals surface area contributed by atoms with E-state index >= 15 is 0 Å². The van der Waals surface area contributed by atoms with Crippen LogP contribution in [0.2, 0.25) is 0 Å². The van der Waals surface area contributed by atoms with E-state index in [4.69, 9.17) is 10.5 Å². The van der Waals surface area contributed by atoms with Crippen molar-refractivity contribution in [3.05, 3.63) is 4.88 Å². The van der Waals surface area contributed by atoms with Gasteiger partial charge in [-0.15, -0.1) is 0 Å². The monoisotopic (exact) mass is 298 g/mol. The molecule has 1 fully saturated rings. The van der Waals surface area contributed by atoms with E-state index < -0.39 is 0 Å². The van der Waals surface area contributed by atoms with Gasteiger partial charge in [0.05, 0.1) is 6.61 Å². The number of nitrogens with zero attached hydrogens (tertiary/aromatic N) is 2. The Labute approximate surface area is 123 Å². The van der Waals surface area contributed by atoms with Crippen LogP contribution in [0, 0.1) is 0 Å². The molecule has 6 nitrogen and oxygen atoms in total. The molecular formula is C13H22N4O2S. The van der Waals surface area contributed by atoms with Crippen molar-refractivity contribution < 1.29 is 9.53 Å². The van der Waals surface area contributed by atoms with E-state index in [0.717, 1.165) is 18.0 Å². The van der Waals surface area contributed by atoms with Crippen LogP contribution in [0.25, 0.3) is 0 Å². The molecule has 1 aliphatic rings. The summed E-state index contributed by atoms with van der Waals surface area (Å²) in [6, 6.07) is 0.485. The number of carbonyl (C=O) groups is 1. The number of nitrogen functional groups attached to an aromatic ring is 1. The fourth-order valence-electron chi connectivity index (χ4n) is 1.89. The topological polar surface area (TPSA) is 80.5 Å². The molecule has 0 spiro atoms. The van der Waals surface area contributed by atoms with Crippen LogP contribution in [0.5, 0.6) is 0 Å². The number of nitrogens with two attached hydrogens (primary N) is 1. The van der Waals surface area contributed by atoms with Crippen molar-refractivity contribution in [2.75, 3.05) is 37.9 Å². The Morgan fingerprint density at radius 2 is 2.35 bits per heavy atom. The van der Waals surface area contributed by atoms with Gasteiger partial charge in [0.15, 0.2) is 5.13 Å². The Bertz CT molecular complexity index is 459. The number of aromatic nitrogens is 1. The number of hydrogen-bond donors (Lipinski definition) is 2. The second kappa shape index (κ2) is 6.90. The minimum absolute atomic E-state index is 0.0960. The molecule has 3 N–H and O–H groups in total. The highest BCUT2D eigenvalue weighted by Crippen LogP contribution is 2.30. The van der Waals surface area contributed by atoms with E-state index in [1.165, 1.54) is 17.8 Å². The van der Waals surface area contributed by atoms with E-state index in [-0.39, 0.29) is 5.91 Å². The zero-order valence-corrected chi connectivity index (χ0v) is 12.8. The van der Waals surface area contributed by atoms with Gasteiger partial charge in [0, 0.05) is 26.2 Å². The van der Waals surface area contributed by atoms with Gasteiger partial charge in [-0.25, -0.2) is 4.98 Å². The third kappa shape index (κ3) is 3.61. The van der Waals surface area contributed by atoms with Crippen LogP contribution in [0.15, 0.2) is 0 Å². The van der Waals surface area contributed by atoms with Gasteiger partial charge in [-0.05, 0) is 26.2 Å². The minimum Gasteiger partial charge on any atom is -0.382 e. The molecule has 0 unspecified atom stereocenters. The van der Waals surface area contributed by atoms with Crippen LogP contribution in [-0.4, -0.2) is 48.6 Å². The first-order valence-electron chi connectivity index (χ1n) is 6.97. The third-order valence-corrected chi connectivity index (χ3v) is 4.39. The first-order chi connectivity index (χ1) is 9.61. The van der Waals surface area contributed by atoms with Crippen molar-refractivity contribution in [3.63, 3.8) is 0 Å². The number of likely N-dealkylation sites (N-methyl/N-ethyl adjacent to an activating group) is 1. The van der Waals surface area contributed by atoms with Crippen molar-refractivity contribution in [1.29, 1.82) is 0 Å². The molecule has 1 aromatic heterocycles. The fraction of sp³-hybridized carbons (Fsp3) is 0.692. The lowest BCUT2D eigenvalue weighted by Crippen LogP contribution is -2.30. The zero-order chi connectivity index (χ0) is 14.5. The number of thiazole rings is 1. The van der Waals surface area contributed by atoms with Crippen molar-refractivity contribution >= 4 is 28.2 Å². The number of ether oxygens (including phenoxy) is 1. The number of nitrogens with one attached hydrogen (secondary N) is 1. The number of hydrogen-bond acceptors (Lipinski definition) is 6. The van der Waals surface area contributed by atoms with Crippen LogP contribution in [0.4, 0.5) is 10.9 Å². The highest BCUT2D eigenvalue weighted by molar-refractivity contribution is 7.18. The number of amides is 1. The molecular weight excluding hydrogens is 276 g/mol. The molecule has 7 heteroatoms. The molecule has 1 aromatic rings. The lowest BCUT2D eigenvalue weighted by molar-refractivity contribution is 0.0715. The molecule has 1 saturated carbocycles. The predicted molar refractivity (Wildman–Crippen MR) is 81.2 cm³/mol. The van der Waals surface area contributed by atoms with Crippen LogP contribution in [0.1, 0.15) is 35.9 Å². The predicted octanol–water partition coefficient (Wildman–Crippen LogP) is 1.80. The molecule has 0 saturated heterocycles. The summed E-state index contributed by atoms with van der Waals surface area (Å²) in [7, 11) is 1.75. The maximum absolute atomic E-state index is 12.3. The van der Waals surface area contributed by atoms with Crippen molar-refractivity contribution in [2.24, 2.45) is 0 Å². The number of rotatable bonds is 7. The van der Waals surface area contributed by atoms with Gasteiger partial charge in [-0.1, -0.05) is 11.3 Å². The van der Waals surface area contributed by atoms with Gasteiger partial charge in [0.1, 0.15) is 10.7 Å². The van der Waals surface area contributed by atoms with Crippen LogP contribution < -0.4 is 11.1 Å². The summed E-state index contributed by atoms with van der Waals surface area (Å²) >= 11 is 1.33. The molecule has 0 radical (unpaired) electrons. The highest BCUT2D eigenvalue weighted by Gasteiger charge is 2.22. The van der Waals surface area contributed by atoms with Crippen LogP contribution in [-0.2, 0) is 4.74 Å². The van der Waals surface area contributed by atoms with Crippen LogP contribution in [0.3, 0.4) is 0 Å². The minimum atomic E-state index is -0.0960. The lowest BCUT2D eigenvalue weighted by atomic mass is 9.93. The largest absolute Gasteiger partial charge is 0.382 e. The van der Waals surface area contributed by atoms with Gasteiger partial charge in [0.2, 0.25) is 0 Å². The SMILES string of the molecule is CCOCCN(C)C(=O)c1sc(NC2CCC2)nc1N. The Morgan fingerprint density at radius 3 is 2.95 bits per heavy atom. The average molecular weight is 298 g/mol. The van der Waals surface area contributed by atoms with Gasteiger partial charge < -0.3 is 20.7 Å². The summed E-state index contributed by atoms with van der Waals surface area (Å²) in [4.78, 5) is 18.6. The first-order valence-corrected chi connectivity index (χ1v) is 7.79. The van der Waals surface area contributed by atoms with E-state index in [0.29, 0.717) is 36.5 Å². The highest BCUT2D eigenvalue weighted by atomic mass is 32.1. The fourth-order valence-corrected chi connectivity index (χ4v) is 2.85. The summed E-state index contributed by atoms with van der Waals surface area (Å²) in [6.45, 7) is 3.67. The summed E-state index contributed by atoms with van der Waals surface area (Å²) in [5.74, 6) is 0.214. The first kappa shape index (κ1) is 15.1. The Kier molecular flexibility index (Phi) is 5.19. The van der Waals surface area contributed by atoms with Crippen molar-refractivity contribution in [2.45, 2.75) is 32.2 Å². The molecule has 2 rings (SSSR count). The summed E-state index contributed by atoms with van der Waals surface area (Å²) in [6.07, 6.45) is 3.58. The normalized spacial score (nSPS) is 14.9. The second-order valence-electron chi connectivity index (χ2n) is 4.93. The second-order valence-corrected chi connectivity index (χ2v) is 5.93. The summed E-state index contributed by atoms with van der Waals surface area (Å²) in [5, 5.41) is 4.06. The number of anilines is 2. The summed E-state index contributed by atoms with van der Waals surface area (Å²) < 4.78 is 5.25. The van der Waals surface area contributed by atoms with Crippen molar-refractivity contribution in [3.8, 4) is 0 Å². The molecule has 1 heterocycles. The maximum Gasteiger partial charge on any atom is 0.267 e. The Balaban J connectivity index is 1.94. The van der Waals surface area contributed by atoms with Crippen molar-refractivity contribution in [1.82, 2.24) is 9.88 Å². The van der Waals surface area contributed by atoms with E-state index in [1.807, 2.05) is 6.92 Å².